The molecule has 5 rings (SSSR count). The Morgan fingerprint density at radius 2 is 2.11 bits per heavy atom. The van der Waals surface area contributed by atoms with Crippen LogP contribution >= 0.6 is 11.6 Å². The van der Waals surface area contributed by atoms with Gasteiger partial charge in [-0.2, -0.15) is 4.98 Å². The number of anilines is 2. The monoisotopic (exact) mass is 528 g/mol. The first-order valence-electron chi connectivity index (χ1n) is 11.7. The highest BCUT2D eigenvalue weighted by molar-refractivity contribution is 6.27. The molecule has 192 valence electrons. The molecule has 0 spiro atoms. The van der Waals surface area contributed by atoms with Gasteiger partial charge < -0.3 is 20.1 Å². The standard InChI is InChI=1S/C24H23ClF2N8O2/c25-13-23(36)28-9-10-29-24-31-20(33-37-24)6-4-16-14-30-21-7-8-22(32-35(16)21)34-11-1-2-19(34)17-12-15(26)3-5-18(17)27/h3-8,12,14,19H,1-2,9-11,13H2,(H,28,36)(H,29,31,33)/b6-4+/t19-/m1/s1. The molecule has 0 aliphatic carbocycles. The first-order valence-corrected chi connectivity index (χ1v) is 12.2. The number of benzene rings is 1. The fraction of sp³-hybridized carbons (Fsp3) is 0.292. The van der Waals surface area contributed by atoms with Gasteiger partial charge in [-0.3, -0.25) is 4.79 Å². The van der Waals surface area contributed by atoms with Crippen molar-refractivity contribution in [2.24, 2.45) is 0 Å². The topological polar surface area (TPSA) is 113 Å². The van der Waals surface area contributed by atoms with Crippen molar-refractivity contribution in [3.8, 4) is 0 Å². The van der Waals surface area contributed by atoms with Gasteiger partial charge in [0, 0.05) is 25.2 Å². The fourth-order valence-electron chi connectivity index (χ4n) is 4.24. The number of amides is 1. The molecule has 1 saturated heterocycles. The zero-order chi connectivity index (χ0) is 25.8. The Balaban J connectivity index is 1.31. The molecule has 37 heavy (non-hydrogen) atoms. The Labute approximate surface area is 215 Å². The molecule has 1 aliphatic rings. The molecule has 1 fully saturated rings. The number of fused-ring (bicyclic) bond motifs is 1. The number of aromatic nitrogens is 5. The summed E-state index contributed by atoms with van der Waals surface area (Å²) in [5, 5.41) is 14.2. The van der Waals surface area contributed by atoms with Gasteiger partial charge in [0.2, 0.25) is 5.91 Å². The van der Waals surface area contributed by atoms with Crippen LogP contribution in [0.25, 0.3) is 17.8 Å². The van der Waals surface area contributed by atoms with E-state index in [9.17, 15) is 13.6 Å². The molecule has 0 bridgehead atoms. The average molecular weight is 529 g/mol. The summed E-state index contributed by atoms with van der Waals surface area (Å²) in [7, 11) is 0. The van der Waals surface area contributed by atoms with E-state index in [1.165, 1.54) is 6.07 Å². The summed E-state index contributed by atoms with van der Waals surface area (Å²) in [4.78, 5) is 21.7. The minimum Gasteiger partial charge on any atom is -0.353 e. The number of rotatable bonds is 9. The number of carbonyl (C=O) groups excluding carboxylic acids is 1. The third-order valence-corrected chi connectivity index (χ3v) is 6.17. The van der Waals surface area contributed by atoms with E-state index in [-0.39, 0.29) is 23.8 Å². The van der Waals surface area contributed by atoms with Gasteiger partial charge in [-0.1, -0.05) is 5.16 Å². The Morgan fingerprint density at radius 3 is 2.97 bits per heavy atom. The summed E-state index contributed by atoms with van der Waals surface area (Å²) < 4.78 is 35.1. The van der Waals surface area contributed by atoms with Crippen molar-refractivity contribution in [1.29, 1.82) is 0 Å². The highest BCUT2D eigenvalue weighted by Crippen LogP contribution is 2.36. The third kappa shape index (κ3) is 5.53. The third-order valence-electron chi connectivity index (χ3n) is 5.93. The largest absolute Gasteiger partial charge is 0.353 e. The summed E-state index contributed by atoms with van der Waals surface area (Å²) in [6, 6.07) is 7.10. The Hall–Kier alpha value is -4.06. The van der Waals surface area contributed by atoms with Crippen LogP contribution in [0.5, 0.6) is 0 Å². The van der Waals surface area contributed by atoms with Gasteiger partial charge in [-0.15, -0.1) is 16.7 Å². The molecular formula is C24H23ClF2N8O2. The summed E-state index contributed by atoms with van der Waals surface area (Å²) in [5.74, 6) is -0.285. The first-order chi connectivity index (χ1) is 18.0. The number of imidazole rings is 1. The number of halogens is 3. The van der Waals surface area contributed by atoms with Crippen molar-refractivity contribution in [3.63, 3.8) is 0 Å². The number of alkyl halides is 1. The Morgan fingerprint density at radius 1 is 1.22 bits per heavy atom. The van der Waals surface area contributed by atoms with Crippen LogP contribution in [0.3, 0.4) is 0 Å². The van der Waals surface area contributed by atoms with Crippen molar-refractivity contribution in [2.75, 3.05) is 35.7 Å². The summed E-state index contributed by atoms with van der Waals surface area (Å²) in [6.07, 6.45) is 6.60. The van der Waals surface area contributed by atoms with E-state index in [4.69, 9.17) is 21.2 Å². The van der Waals surface area contributed by atoms with Crippen LogP contribution in [-0.4, -0.2) is 56.2 Å². The molecule has 1 aromatic carbocycles. The van der Waals surface area contributed by atoms with Gasteiger partial charge in [0.05, 0.1) is 17.9 Å². The van der Waals surface area contributed by atoms with Crippen molar-refractivity contribution < 1.29 is 18.1 Å². The average Bonchev–Trinajstić information content (AvgIpc) is 3.66. The van der Waals surface area contributed by atoms with Gasteiger partial charge in [0.25, 0.3) is 0 Å². The summed E-state index contributed by atoms with van der Waals surface area (Å²) in [5.41, 5.74) is 1.63. The Kier molecular flexibility index (Phi) is 7.26. The number of nitrogens with one attached hydrogen (secondary N) is 2. The van der Waals surface area contributed by atoms with Crippen LogP contribution in [0.15, 0.2) is 41.1 Å². The van der Waals surface area contributed by atoms with Crippen LogP contribution < -0.4 is 15.5 Å². The molecule has 1 amide bonds. The van der Waals surface area contributed by atoms with Crippen LogP contribution in [0.1, 0.15) is 36.0 Å². The molecule has 2 N–H and O–H groups in total. The predicted molar refractivity (Wildman–Crippen MR) is 134 cm³/mol. The molecule has 4 heterocycles. The lowest BCUT2D eigenvalue weighted by atomic mass is 10.0. The zero-order valence-corrected chi connectivity index (χ0v) is 20.3. The van der Waals surface area contributed by atoms with Gasteiger partial charge in [0.1, 0.15) is 23.3 Å². The van der Waals surface area contributed by atoms with E-state index in [0.29, 0.717) is 54.6 Å². The second-order valence-electron chi connectivity index (χ2n) is 8.36. The van der Waals surface area contributed by atoms with E-state index in [2.05, 4.69) is 25.8 Å². The Bertz CT molecular complexity index is 1440. The quantitative estimate of drug-likeness (QED) is 0.250. The summed E-state index contributed by atoms with van der Waals surface area (Å²) >= 11 is 5.43. The second-order valence-corrected chi connectivity index (χ2v) is 8.63. The minimum absolute atomic E-state index is 0.0979. The first kappa shape index (κ1) is 24.6. The SMILES string of the molecule is O=C(CCl)NCCNc1nc(/C=C/c2cnc3ccc(N4CCC[C@@H]4c4cc(F)ccc4F)nn23)no1. The summed E-state index contributed by atoms with van der Waals surface area (Å²) in [6.45, 7) is 1.43. The van der Waals surface area contributed by atoms with Gasteiger partial charge in [-0.25, -0.2) is 18.3 Å². The van der Waals surface area contributed by atoms with Crippen molar-refractivity contribution in [2.45, 2.75) is 18.9 Å². The lowest BCUT2D eigenvalue weighted by Crippen LogP contribution is -2.29. The van der Waals surface area contributed by atoms with Crippen molar-refractivity contribution >= 4 is 47.1 Å². The van der Waals surface area contributed by atoms with Crippen LogP contribution in [-0.2, 0) is 4.79 Å². The smallest absolute Gasteiger partial charge is 0.321 e. The lowest BCUT2D eigenvalue weighted by Gasteiger charge is -2.26. The van der Waals surface area contributed by atoms with E-state index < -0.39 is 11.6 Å². The van der Waals surface area contributed by atoms with Gasteiger partial charge in [0.15, 0.2) is 11.5 Å². The molecule has 1 atom stereocenters. The lowest BCUT2D eigenvalue weighted by molar-refractivity contribution is -0.118. The molecule has 13 heteroatoms. The molecule has 3 aromatic heterocycles. The number of hydrogen-bond donors (Lipinski definition) is 2. The van der Waals surface area contributed by atoms with Crippen LogP contribution in [0.4, 0.5) is 20.6 Å². The van der Waals surface area contributed by atoms with Crippen molar-refractivity contribution in [3.05, 3.63) is 65.2 Å². The molecule has 1 aliphatic heterocycles. The van der Waals surface area contributed by atoms with E-state index >= 15 is 0 Å². The molecular weight excluding hydrogens is 506 g/mol. The maximum atomic E-state index is 14.5. The number of carbonyl (C=O) groups is 1. The van der Waals surface area contributed by atoms with E-state index in [1.807, 2.05) is 17.0 Å². The highest BCUT2D eigenvalue weighted by atomic mass is 35.5. The highest BCUT2D eigenvalue weighted by Gasteiger charge is 2.30. The molecule has 4 aromatic rings. The maximum absolute atomic E-state index is 14.5. The van der Waals surface area contributed by atoms with E-state index in [0.717, 1.165) is 18.6 Å². The van der Waals surface area contributed by atoms with E-state index in [1.54, 1.807) is 22.9 Å². The number of hydrogen-bond acceptors (Lipinski definition) is 8. The number of nitrogens with zero attached hydrogens (tertiary/aromatic N) is 6. The minimum atomic E-state index is -0.466. The zero-order valence-electron chi connectivity index (χ0n) is 19.6. The normalized spacial score (nSPS) is 15.6. The van der Waals surface area contributed by atoms with Gasteiger partial charge in [-0.05, 0) is 55.3 Å². The molecule has 0 radical (unpaired) electrons. The fourth-order valence-corrected chi connectivity index (χ4v) is 4.33. The molecule has 0 saturated carbocycles. The van der Waals surface area contributed by atoms with Crippen LogP contribution in [0.2, 0.25) is 0 Å². The molecule has 0 unspecified atom stereocenters. The van der Waals surface area contributed by atoms with Crippen LogP contribution in [0, 0.1) is 11.6 Å². The van der Waals surface area contributed by atoms with Gasteiger partial charge >= 0.3 is 6.01 Å². The molecule has 10 nitrogen and oxygen atoms in total. The van der Waals surface area contributed by atoms with Crippen molar-refractivity contribution in [1.82, 2.24) is 30.1 Å². The second kappa shape index (κ2) is 10.9. The maximum Gasteiger partial charge on any atom is 0.321 e. The predicted octanol–water partition coefficient (Wildman–Crippen LogP) is 3.67.